The number of carbonyl (C=O) groups excluding carboxylic acids is 2. The highest BCUT2D eigenvalue weighted by Crippen LogP contribution is 2.45. The first-order chi connectivity index (χ1) is 12.4. The van der Waals surface area contributed by atoms with Gasteiger partial charge in [-0.1, -0.05) is 6.92 Å². The predicted octanol–water partition coefficient (Wildman–Crippen LogP) is 1.26. The smallest absolute Gasteiger partial charge is 0.319 e. The Labute approximate surface area is 156 Å². The number of nitrogens with zero attached hydrogens (tertiary/aromatic N) is 4. The van der Waals surface area contributed by atoms with Crippen molar-refractivity contribution in [3.8, 4) is 6.07 Å². The van der Waals surface area contributed by atoms with Gasteiger partial charge in [-0.3, -0.25) is 4.79 Å². The van der Waals surface area contributed by atoms with Crippen LogP contribution in [0.3, 0.4) is 0 Å². The summed E-state index contributed by atoms with van der Waals surface area (Å²) in [7, 11) is 3.60. The molecular weight excluding hydrogens is 330 g/mol. The molecule has 0 aromatic heterocycles. The molecule has 1 N–H and O–H groups in total. The zero-order chi connectivity index (χ0) is 18.9. The van der Waals surface area contributed by atoms with Crippen LogP contribution in [-0.4, -0.2) is 78.5 Å². The van der Waals surface area contributed by atoms with Crippen LogP contribution < -0.4 is 5.32 Å². The van der Waals surface area contributed by atoms with Crippen LogP contribution in [0, 0.1) is 23.2 Å². The lowest BCUT2D eigenvalue weighted by atomic mass is 9.92. The molecule has 3 amide bonds. The Morgan fingerprint density at radius 2 is 1.92 bits per heavy atom. The van der Waals surface area contributed by atoms with Crippen LogP contribution in [0.1, 0.15) is 39.0 Å². The second kappa shape index (κ2) is 7.43. The Morgan fingerprint density at radius 1 is 1.27 bits per heavy atom. The Hall–Kier alpha value is -1.81. The first-order valence-corrected chi connectivity index (χ1v) is 9.79. The molecule has 3 rings (SSSR count). The third kappa shape index (κ3) is 3.52. The number of amides is 3. The maximum Gasteiger partial charge on any atom is 0.319 e. The fraction of sp³-hybridized carbons (Fsp3) is 0.842. The maximum absolute atomic E-state index is 12.5. The minimum Gasteiger partial charge on any atom is -0.331 e. The number of urea groups is 1. The van der Waals surface area contributed by atoms with E-state index >= 15 is 0 Å². The van der Waals surface area contributed by atoms with Crippen LogP contribution in [0.5, 0.6) is 0 Å². The van der Waals surface area contributed by atoms with Crippen molar-refractivity contribution in [1.29, 1.82) is 5.26 Å². The number of likely N-dealkylation sites (tertiary alicyclic amines) is 2. The molecule has 1 saturated carbocycles. The van der Waals surface area contributed by atoms with E-state index < -0.39 is 0 Å². The van der Waals surface area contributed by atoms with Crippen molar-refractivity contribution in [1.82, 2.24) is 20.0 Å². The summed E-state index contributed by atoms with van der Waals surface area (Å²) in [6.45, 7) is 4.83. The van der Waals surface area contributed by atoms with Crippen molar-refractivity contribution in [3.63, 3.8) is 0 Å². The van der Waals surface area contributed by atoms with Crippen LogP contribution in [0.4, 0.5) is 4.79 Å². The molecule has 3 aliphatic rings. The van der Waals surface area contributed by atoms with Crippen molar-refractivity contribution in [3.05, 3.63) is 0 Å². The van der Waals surface area contributed by atoms with E-state index in [2.05, 4.69) is 18.3 Å². The van der Waals surface area contributed by atoms with E-state index in [1.807, 2.05) is 4.90 Å². The zero-order valence-electron chi connectivity index (χ0n) is 16.2. The lowest BCUT2D eigenvalue weighted by molar-refractivity contribution is -0.130. The van der Waals surface area contributed by atoms with Crippen LogP contribution in [-0.2, 0) is 4.79 Å². The molecule has 7 nitrogen and oxygen atoms in total. The van der Waals surface area contributed by atoms with Crippen molar-refractivity contribution in [2.45, 2.75) is 50.6 Å². The quantitative estimate of drug-likeness (QED) is 0.818. The Morgan fingerprint density at radius 3 is 2.46 bits per heavy atom. The summed E-state index contributed by atoms with van der Waals surface area (Å²) in [6, 6.07) is 2.08. The van der Waals surface area contributed by atoms with E-state index in [-0.39, 0.29) is 23.5 Å². The Balaban J connectivity index is 1.55. The maximum atomic E-state index is 12.5. The van der Waals surface area contributed by atoms with Gasteiger partial charge in [0.15, 0.2) is 0 Å². The van der Waals surface area contributed by atoms with Gasteiger partial charge in [-0.2, -0.15) is 5.26 Å². The van der Waals surface area contributed by atoms with Crippen LogP contribution in [0.15, 0.2) is 0 Å². The molecule has 0 radical (unpaired) electrons. The summed E-state index contributed by atoms with van der Waals surface area (Å²) in [4.78, 5) is 30.1. The van der Waals surface area contributed by atoms with E-state index in [0.29, 0.717) is 24.9 Å². The van der Waals surface area contributed by atoms with Gasteiger partial charge in [0, 0.05) is 39.3 Å². The highest BCUT2D eigenvalue weighted by molar-refractivity contribution is 5.79. The average Bonchev–Trinajstić information content (AvgIpc) is 3.31. The molecule has 2 unspecified atom stereocenters. The highest BCUT2D eigenvalue weighted by atomic mass is 16.2. The standard InChI is InChI=1S/C19H31N5O2/c1-4-19(21-11-17(25)24-7-5-6-16(24)10-20)8-14-12-23(13-15(14)9-19)18(26)22(2)3/h14-16,21H,4-9,11-13H2,1-3H3/t14-,15+,16?,19?. The molecule has 0 spiro atoms. The Bertz CT molecular complexity index is 585. The molecule has 26 heavy (non-hydrogen) atoms. The average molecular weight is 361 g/mol. The van der Waals surface area contributed by atoms with Gasteiger partial charge in [-0.05, 0) is 43.9 Å². The number of carbonyl (C=O) groups is 2. The van der Waals surface area contributed by atoms with Gasteiger partial charge >= 0.3 is 6.03 Å². The minimum atomic E-state index is -0.254. The fourth-order valence-corrected chi connectivity index (χ4v) is 5.05. The number of rotatable bonds is 4. The molecule has 0 aromatic carbocycles. The van der Waals surface area contributed by atoms with Crippen LogP contribution in [0.25, 0.3) is 0 Å². The second-order valence-corrected chi connectivity index (χ2v) is 8.37. The number of fused-ring (bicyclic) bond motifs is 1. The molecule has 2 saturated heterocycles. The molecule has 0 aromatic rings. The number of nitriles is 1. The summed E-state index contributed by atoms with van der Waals surface area (Å²) in [5, 5.41) is 12.7. The molecule has 7 heteroatoms. The summed E-state index contributed by atoms with van der Waals surface area (Å²) in [6.07, 6.45) is 4.72. The topological polar surface area (TPSA) is 79.7 Å². The van der Waals surface area contributed by atoms with Gasteiger partial charge < -0.3 is 20.0 Å². The molecular formula is C19H31N5O2. The summed E-state index contributed by atoms with van der Waals surface area (Å²) in [5.41, 5.74) is -0.0138. The summed E-state index contributed by atoms with van der Waals surface area (Å²) in [5.74, 6) is 1.07. The van der Waals surface area contributed by atoms with E-state index in [0.717, 1.165) is 45.2 Å². The fourth-order valence-electron chi connectivity index (χ4n) is 5.05. The summed E-state index contributed by atoms with van der Waals surface area (Å²) < 4.78 is 0. The minimum absolute atomic E-state index is 0.0138. The van der Waals surface area contributed by atoms with Crippen molar-refractivity contribution >= 4 is 11.9 Å². The number of hydrogen-bond donors (Lipinski definition) is 1. The van der Waals surface area contributed by atoms with E-state index in [9.17, 15) is 14.9 Å². The van der Waals surface area contributed by atoms with Crippen LogP contribution >= 0.6 is 0 Å². The van der Waals surface area contributed by atoms with Crippen molar-refractivity contribution in [2.24, 2.45) is 11.8 Å². The van der Waals surface area contributed by atoms with Gasteiger partial charge in [-0.15, -0.1) is 0 Å². The van der Waals surface area contributed by atoms with Gasteiger partial charge in [0.25, 0.3) is 0 Å². The first kappa shape index (κ1) is 19.0. The summed E-state index contributed by atoms with van der Waals surface area (Å²) >= 11 is 0. The molecule has 144 valence electrons. The largest absolute Gasteiger partial charge is 0.331 e. The van der Waals surface area contributed by atoms with E-state index in [4.69, 9.17) is 0 Å². The molecule has 3 fully saturated rings. The highest BCUT2D eigenvalue weighted by Gasteiger charge is 2.49. The molecule has 2 aliphatic heterocycles. The van der Waals surface area contributed by atoms with Crippen molar-refractivity contribution in [2.75, 3.05) is 40.3 Å². The molecule has 0 bridgehead atoms. The molecule has 1 aliphatic carbocycles. The monoisotopic (exact) mass is 361 g/mol. The van der Waals surface area contributed by atoms with E-state index in [1.165, 1.54) is 0 Å². The molecule has 4 atom stereocenters. The predicted molar refractivity (Wildman–Crippen MR) is 98.2 cm³/mol. The SMILES string of the molecule is CCC1(NCC(=O)N2CCCC2C#N)C[C@H]2CN(C(=O)N(C)C)C[C@H]2C1. The number of hydrogen-bond acceptors (Lipinski definition) is 4. The van der Waals surface area contributed by atoms with Gasteiger partial charge in [0.05, 0.1) is 12.6 Å². The first-order valence-electron chi connectivity index (χ1n) is 9.79. The Kier molecular flexibility index (Phi) is 5.42. The number of nitrogens with one attached hydrogen (secondary N) is 1. The van der Waals surface area contributed by atoms with Gasteiger partial charge in [0.2, 0.25) is 5.91 Å². The van der Waals surface area contributed by atoms with Crippen molar-refractivity contribution < 1.29 is 9.59 Å². The lowest BCUT2D eigenvalue weighted by Gasteiger charge is -2.33. The lowest BCUT2D eigenvalue weighted by Crippen LogP contribution is -2.50. The third-order valence-electron chi connectivity index (χ3n) is 6.55. The molecule has 2 heterocycles. The second-order valence-electron chi connectivity index (χ2n) is 8.37. The zero-order valence-corrected chi connectivity index (χ0v) is 16.2. The van der Waals surface area contributed by atoms with E-state index in [1.54, 1.807) is 23.9 Å². The third-order valence-corrected chi connectivity index (χ3v) is 6.55. The van der Waals surface area contributed by atoms with Crippen LogP contribution in [0.2, 0.25) is 0 Å². The normalized spacial score (nSPS) is 33.2. The van der Waals surface area contributed by atoms with Gasteiger partial charge in [-0.25, -0.2) is 4.79 Å². The van der Waals surface area contributed by atoms with Gasteiger partial charge in [0.1, 0.15) is 6.04 Å².